The minimum atomic E-state index is -0.203. The van der Waals surface area contributed by atoms with Gasteiger partial charge in [0.15, 0.2) is 6.20 Å². The summed E-state index contributed by atoms with van der Waals surface area (Å²) in [6.07, 6.45) is 14.3. The van der Waals surface area contributed by atoms with Gasteiger partial charge in [-0.25, -0.2) is 0 Å². The van der Waals surface area contributed by atoms with Gasteiger partial charge in [0.25, 0.3) is 0 Å². The highest BCUT2D eigenvalue weighted by Gasteiger charge is 2.61. The topological polar surface area (TPSA) is 16.8 Å². The largest absolute Gasteiger partial charge is 0.256 e. The number of hydrogen-bond acceptors (Lipinski definition) is 1. The number of allylic oxidation sites excluding steroid dienone is 4. The third kappa shape index (κ3) is 2.64. The van der Waals surface area contributed by atoms with Crippen molar-refractivity contribution in [3.8, 4) is 11.3 Å². The summed E-state index contributed by atoms with van der Waals surface area (Å²) < 4.78 is 2.71. The van der Waals surface area contributed by atoms with Gasteiger partial charge in [0.2, 0.25) is 11.2 Å². The molecule has 0 N–H and O–H groups in total. The number of pyridine rings is 2. The van der Waals surface area contributed by atoms with Crippen LogP contribution in [0.3, 0.4) is 0 Å². The van der Waals surface area contributed by atoms with E-state index in [4.69, 9.17) is 4.98 Å². The van der Waals surface area contributed by atoms with Crippen LogP contribution in [0.1, 0.15) is 82.3 Å². The van der Waals surface area contributed by atoms with Gasteiger partial charge in [-0.05, 0) is 85.0 Å². The number of nitrogens with zero attached hydrogens (tertiary/aromatic N) is 2. The van der Waals surface area contributed by atoms with Gasteiger partial charge < -0.3 is 0 Å². The lowest BCUT2D eigenvalue weighted by atomic mass is 9.61. The van der Waals surface area contributed by atoms with Gasteiger partial charge >= 0.3 is 0 Å². The van der Waals surface area contributed by atoms with E-state index in [9.17, 15) is 0 Å². The minimum Gasteiger partial charge on any atom is -0.256 e. The second-order valence-electron chi connectivity index (χ2n) is 13.1. The van der Waals surface area contributed by atoms with Gasteiger partial charge in [-0.3, -0.25) is 4.98 Å². The Morgan fingerprint density at radius 1 is 0.921 bits per heavy atom. The van der Waals surface area contributed by atoms with E-state index in [2.05, 4.69) is 100.0 Å². The molecule has 3 heterocycles. The molecule has 2 heteroatoms. The summed E-state index contributed by atoms with van der Waals surface area (Å²) in [5, 5.41) is 5.43. The number of aryl methyl sites for hydroxylation is 1. The molecule has 1 fully saturated rings. The summed E-state index contributed by atoms with van der Waals surface area (Å²) in [4.78, 5) is 5.29. The summed E-state index contributed by atoms with van der Waals surface area (Å²) >= 11 is 0. The van der Waals surface area contributed by atoms with Crippen LogP contribution in [0.15, 0.2) is 72.0 Å². The molecule has 1 spiro atoms. The maximum atomic E-state index is 5.29. The zero-order valence-electron chi connectivity index (χ0n) is 23.4. The monoisotopic (exact) mass is 497 g/mol. The fourth-order valence-corrected chi connectivity index (χ4v) is 9.18. The van der Waals surface area contributed by atoms with Crippen LogP contribution in [-0.2, 0) is 11.0 Å². The average molecular weight is 498 g/mol. The smallest absolute Gasteiger partial charge is 0.224 e. The molecule has 2 atom stereocenters. The van der Waals surface area contributed by atoms with Crippen molar-refractivity contribution in [1.82, 2.24) is 4.98 Å². The summed E-state index contributed by atoms with van der Waals surface area (Å²) in [7, 11) is 0. The van der Waals surface area contributed by atoms with E-state index in [0.717, 1.165) is 5.69 Å². The van der Waals surface area contributed by atoms with Gasteiger partial charge in [0, 0.05) is 22.7 Å². The highest BCUT2D eigenvalue weighted by Crippen LogP contribution is 2.59. The number of fused-ring (bicyclic) bond motifs is 4. The molecule has 190 valence electrons. The van der Waals surface area contributed by atoms with E-state index in [0.29, 0.717) is 11.8 Å². The lowest BCUT2D eigenvalue weighted by molar-refractivity contribution is -0.734. The van der Waals surface area contributed by atoms with Crippen LogP contribution in [0, 0.1) is 18.8 Å². The summed E-state index contributed by atoms with van der Waals surface area (Å²) in [5.74, 6) is 1.16. The van der Waals surface area contributed by atoms with Gasteiger partial charge in [-0.2, -0.15) is 4.57 Å². The van der Waals surface area contributed by atoms with E-state index in [-0.39, 0.29) is 11.0 Å². The molecule has 4 aliphatic rings. The SMILES string of the molecule is CC1=CC2(c3cc4ccccc4c4c3-c3c5c(nc(C)cc5cc[n+]32)C4(C)C)C(C2CCCCC2)C(C)=C1. The number of hydrogen-bond donors (Lipinski definition) is 0. The molecule has 4 aromatic rings. The second kappa shape index (κ2) is 7.44. The van der Waals surface area contributed by atoms with Crippen LogP contribution in [0.4, 0.5) is 0 Å². The second-order valence-corrected chi connectivity index (χ2v) is 13.1. The molecule has 0 saturated heterocycles. The van der Waals surface area contributed by atoms with Crippen molar-refractivity contribution >= 4 is 21.5 Å². The normalized spacial score (nSPS) is 25.2. The fraction of sp³-hybridized carbons (Fsp3) is 0.389. The van der Waals surface area contributed by atoms with Crippen LogP contribution in [0.2, 0.25) is 0 Å². The van der Waals surface area contributed by atoms with Gasteiger partial charge in [0.1, 0.15) is 0 Å². The zero-order valence-corrected chi connectivity index (χ0v) is 23.4. The molecule has 2 unspecified atom stereocenters. The van der Waals surface area contributed by atoms with Crippen LogP contribution in [0.25, 0.3) is 32.8 Å². The fourth-order valence-electron chi connectivity index (χ4n) is 9.18. The number of benzene rings is 2. The standard InChI is InChI=1S/C36H37N2/c1-21-17-22(2)31(24-11-7-6-8-12-24)36(20-21)28-19-25-13-9-10-14-27(25)32-30(28)33-29-26(15-16-38(33)36)18-23(3)37-34(29)35(32,4)5/h9-10,13-20,24,31H,6-8,11-12H2,1-5H3/q+1. The Kier molecular flexibility index (Phi) is 4.44. The average Bonchev–Trinajstić information content (AvgIpc) is 3.15. The molecule has 0 radical (unpaired) electrons. The Balaban J connectivity index is 1.60. The molecule has 2 nitrogen and oxygen atoms in total. The van der Waals surface area contributed by atoms with Crippen LogP contribution in [0.5, 0.6) is 0 Å². The van der Waals surface area contributed by atoms with Crippen LogP contribution < -0.4 is 4.57 Å². The lowest BCUT2D eigenvalue weighted by Gasteiger charge is -2.41. The molecule has 2 aromatic carbocycles. The summed E-state index contributed by atoms with van der Waals surface area (Å²) in [5.41, 5.74) is 10.8. The van der Waals surface area contributed by atoms with E-state index in [1.807, 2.05) is 0 Å². The first-order valence-electron chi connectivity index (χ1n) is 14.6. The lowest BCUT2D eigenvalue weighted by Crippen LogP contribution is -2.60. The van der Waals surface area contributed by atoms with E-state index in [1.165, 1.54) is 87.3 Å². The van der Waals surface area contributed by atoms with E-state index in [1.54, 1.807) is 5.57 Å². The maximum absolute atomic E-state index is 5.29. The molecule has 0 amide bonds. The van der Waals surface area contributed by atoms with Gasteiger partial charge in [0.05, 0.1) is 22.6 Å². The van der Waals surface area contributed by atoms with Crippen molar-refractivity contribution in [3.05, 3.63) is 94.5 Å². The molecule has 3 aliphatic carbocycles. The van der Waals surface area contributed by atoms with E-state index >= 15 is 0 Å². The third-order valence-corrected chi connectivity index (χ3v) is 10.4. The van der Waals surface area contributed by atoms with Crippen molar-refractivity contribution in [2.75, 3.05) is 0 Å². The third-order valence-electron chi connectivity index (χ3n) is 10.4. The van der Waals surface area contributed by atoms with Crippen molar-refractivity contribution in [1.29, 1.82) is 0 Å². The molecule has 1 aliphatic heterocycles. The first kappa shape index (κ1) is 22.7. The zero-order chi connectivity index (χ0) is 26.0. The number of rotatable bonds is 1. The Hall–Kier alpha value is -3.26. The molecule has 38 heavy (non-hydrogen) atoms. The summed E-state index contributed by atoms with van der Waals surface area (Å²) in [6, 6.07) is 16.3. The molecule has 2 aromatic heterocycles. The predicted octanol–water partition coefficient (Wildman–Crippen LogP) is 8.45. The first-order chi connectivity index (χ1) is 18.3. The van der Waals surface area contributed by atoms with Gasteiger partial charge in [-0.1, -0.05) is 69.0 Å². The quantitative estimate of drug-likeness (QED) is 0.241. The maximum Gasteiger partial charge on any atom is 0.224 e. The molecular formula is C36H37N2+. The Morgan fingerprint density at radius 3 is 2.53 bits per heavy atom. The molecule has 0 bridgehead atoms. The Labute approximate surface area is 226 Å². The molecule has 8 rings (SSSR count). The Morgan fingerprint density at radius 2 is 1.71 bits per heavy atom. The highest BCUT2D eigenvalue weighted by molar-refractivity contribution is 6.06. The summed E-state index contributed by atoms with van der Waals surface area (Å²) in [6.45, 7) is 11.7. The number of aromatic nitrogens is 2. The first-order valence-corrected chi connectivity index (χ1v) is 14.6. The van der Waals surface area contributed by atoms with E-state index < -0.39 is 0 Å². The molecular weight excluding hydrogens is 460 g/mol. The van der Waals surface area contributed by atoms with Gasteiger partial charge in [-0.15, -0.1) is 0 Å². The van der Waals surface area contributed by atoms with Crippen molar-refractivity contribution in [3.63, 3.8) is 0 Å². The Bertz CT molecular complexity index is 1760. The van der Waals surface area contributed by atoms with Crippen molar-refractivity contribution in [2.45, 2.75) is 77.7 Å². The highest BCUT2D eigenvalue weighted by atomic mass is 15.1. The minimum absolute atomic E-state index is 0.189. The van der Waals surface area contributed by atoms with Crippen molar-refractivity contribution in [2.24, 2.45) is 11.8 Å². The van der Waals surface area contributed by atoms with Crippen molar-refractivity contribution < 1.29 is 4.57 Å². The van der Waals surface area contributed by atoms with Crippen LogP contribution in [-0.4, -0.2) is 4.98 Å². The van der Waals surface area contributed by atoms with Crippen LogP contribution >= 0.6 is 0 Å². The predicted molar refractivity (Wildman–Crippen MR) is 156 cm³/mol. The molecule has 1 saturated carbocycles.